The molecule has 1 atom stereocenters. The monoisotopic (exact) mass is 519 g/mol. The highest BCUT2D eigenvalue weighted by atomic mass is 35.6. The van der Waals surface area contributed by atoms with Gasteiger partial charge in [0, 0.05) is 11.9 Å². The van der Waals surface area contributed by atoms with E-state index in [2.05, 4.69) is 9.47 Å². The minimum atomic E-state index is -5.34. The number of rotatable bonds is 6. The minimum absolute atomic E-state index is 0.0833. The van der Waals surface area contributed by atoms with Crippen molar-refractivity contribution < 1.29 is 41.0 Å². The average molecular weight is 521 g/mol. The van der Waals surface area contributed by atoms with Crippen LogP contribution in [0.25, 0.3) is 0 Å². The number of hydrogen-bond donors (Lipinski definition) is 0. The quantitative estimate of drug-likeness (QED) is 0.202. The van der Waals surface area contributed by atoms with Crippen molar-refractivity contribution >= 4 is 58.7 Å². The van der Waals surface area contributed by atoms with E-state index in [4.69, 9.17) is 34.8 Å². The fraction of sp³-hybridized carbons (Fsp3) is 0.625. The normalized spacial score (nSPS) is 18.5. The average Bonchev–Trinajstić information content (AvgIpc) is 2.57. The second kappa shape index (κ2) is 10.1. The molecule has 30 heavy (non-hydrogen) atoms. The van der Waals surface area contributed by atoms with E-state index in [1.54, 1.807) is 13.8 Å². The third-order valence-electron chi connectivity index (χ3n) is 3.75. The van der Waals surface area contributed by atoms with Gasteiger partial charge in [-0.3, -0.25) is 4.31 Å². The standard InChI is InChI=1S/C16H17Cl3F5NO4S/c1-6(2)5-7-8(13(26)28-3)10(12(20)21)25(30-16(17,18)19)11(15(22,23)24)9(7)14(27)29-4/h6,10,12H,5H2,1-4H3. The summed E-state index contributed by atoms with van der Waals surface area (Å²) in [6, 6.07) is -2.52. The van der Waals surface area contributed by atoms with Crippen LogP contribution >= 0.6 is 46.8 Å². The molecule has 14 heteroatoms. The summed E-state index contributed by atoms with van der Waals surface area (Å²) in [5.41, 5.74) is -4.36. The van der Waals surface area contributed by atoms with Crippen LogP contribution in [0.2, 0.25) is 0 Å². The molecule has 0 aromatic carbocycles. The number of nitrogens with zero attached hydrogens (tertiary/aromatic N) is 1. The van der Waals surface area contributed by atoms with E-state index in [9.17, 15) is 31.5 Å². The number of esters is 2. The van der Waals surface area contributed by atoms with Crippen molar-refractivity contribution in [3.63, 3.8) is 0 Å². The predicted molar refractivity (Wildman–Crippen MR) is 103 cm³/mol. The second-order valence-electron chi connectivity index (χ2n) is 6.34. The summed E-state index contributed by atoms with van der Waals surface area (Å²) < 4.78 is 76.6. The first-order valence-corrected chi connectivity index (χ1v) is 10.0. The van der Waals surface area contributed by atoms with Crippen molar-refractivity contribution in [2.24, 2.45) is 5.92 Å². The Morgan fingerprint density at radius 1 is 1.10 bits per heavy atom. The van der Waals surface area contributed by atoms with E-state index in [0.29, 0.717) is 0 Å². The largest absolute Gasteiger partial charge is 0.466 e. The molecule has 5 nitrogen and oxygen atoms in total. The first-order chi connectivity index (χ1) is 13.6. The second-order valence-corrected chi connectivity index (χ2v) is 10.5. The van der Waals surface area contributed by atoms with Gasteiger partial charge < -0.3 is 9.47 Å². The molecule has 0 radical (unpaired) electrons. The lowest BCUT2D eigenvalue weighted by Crippen LogP contribution is -2.48. The van der Waals surface area contributed by atoms with Gasteiger partial charge in [0.25, 0.3) is 9.55 Å². The van der Waals surface area contributed by atoms with Crippen molar-refractivity contribution in [1.82, 2.24) is 4.31 Å². The summed E-state index contributed by atoms with van der Waals surface area (Å²) in [4.78, 5) is 24.8. The van der Waals surface area contributed by atoms with Gasteiger partial charge >= 0.3 is 18.1 Å². The lowest BCUT2D eigenvalue weighted by Gasteiger charge is -2.41. The van der Waals surface area contributed by atoms with Crippen LogP contribution < -0.4 is 0 Å². The lowest BCUT2D eigenvalue weighted by molar-refractivity contribution is -0.140. The molecule has 0 saturated heterocycles. The molecule has 1 rings (SSSR count). The van der Waals surface area contributed by atoms with Crippen LogP contribution in [0.3, 0.4) is 0 Å². The zero-order valence-corrected chi connectivity index (χ0v) is 19.0. The summed E-state index contributed by atoms with van der Waals surface area (Å²) >= 11 is 16.4. The van der Waals surface area contributed by atoms with E-state index >= 15 is 0 Å². The molecule has 0 N–H and O–H groups in total. The maximum atomic E-state index is 14.0. The molecule has 172 valence electrons. The Hall–Kier alpha value is -0.910. The van der Waals surface area contributed by atoms with Crippen LogP contribution in [0.5, 0.6) is 0 Å². The topological polar surface area (TPSA) is 55.8 Å². The Morgan fingerprint density at radius 3 is 1.93 bits per heavy atom. The van der Waals surface area contributed by atoms with Crippen molar-refractivity contribution in [2.75, 3.05) is 14.2 Å². The van der Waals surface area contributed by atoms with Gasteiger partial charge in [0.15, 0.2) is 0 Å². The summed E-state index contributed by atoms with van der Waals surface area (Å²) in [6.07, 6.45) is -9.22. The van der Waals surface area contributed by atoms with E-state index in [0.717, 1.165) is 14.2 Å². The van der Waals surface area contributed by atoms with E-state index in [-0.39, 0.29) is 22.7 Å². The predicted octanol–water partition coefficient (Wildman–Crippen LogP) is 5.42. The number of ether oxygens (including phenoxy) is 2. The molecule has 0 saturated carbocycles. The van der Waals surface area contributed by atoms with E-state index in [1.165, 1.54) is 0 Å². The van der Waals surface area contributed by atoms with Crippen molar-refractivity contribution in [1.29, 1.82) is 0 Å². The molecule has 0 bridgehead atoms. The Kier molecular flexibility index (Phi) is 9.17. The van der Waals surface area contributed by atoms with E-state index < -0.39 is 62.0 Å². The minimum Gasteiger partial charge on any atom is -0.466 e. The number of alkyl halides is 8. The van der Waals surface area contributed by atoms with Gasteiger partial charge in [-0.25, -0.2) is 18.4 Å². The molecule has 1 aliphatic rings. The third kappa shape index (κ3) is 6.30. The van der Waals surface area contributed by atoms with Gasteiger partial charge in [0.2, 0.25) is 0 Å². The molecular formula is C16H17Cl3F5NO4S. The van der Waals surface area contributed by atoms with Crippen molar-refractivity contribution in [2.45, 2.75) is 42.0 Å². The molecule has 1 aliphatic heterocycles. The first kappa shape index (κ1) is 27.1. The van der Waals surface area contributed by atoms with Crippen LogP contribution in [0.4, 0.5) is 22.0 Å². The van der Waals surface area contributed by atoms with Gasteiger partial charge in [-0.05, 0) is 17.9 Å². The molecule has 0 aromatic rings. The van der Waals surface area contributed by atoms with Crippen LogP contribution in [0.1, 0.15) is 20.3 Å². The Morgan fingerprint density at radius 2 is 1.60 bits per heavy atom. The fourth-order valence-electron chi connectivity index (χ4n) is 2.83. The molecule has 0 aliphatic carbocycles. The maximum absolute atomic E-state index is 14.0. The van der Waals surface area contributed by atoms with Gasteiger partial charge in [0.05, 0.1) is 25.4 Å². The number of allylic oxidation sites excluding steroid dienone is 1. The van der Waals surface area contributed by atoms with Gasteiger partial charge in [0.1, 0.15) is 11.7 Å². The number of carbonyl (C=O) groups excluding carboxylic acids is 2. The van der Waals surface area contributed by atoms with Crippen LogP contribution in [0, 0.1) is 5.92 Å². The molecule has 1 unspecified atom stereocenters. The molecule has 1 heterocycles. The Bertz CT molecular complexity index is 750. The first-order valence-electron chi connectivity index (χ1n) is 8.11. The van der Waals surface area contributed by atoms with Crippen molar-refractivity contribution in [3.8, 4) is 0 Å². The summed E-state index contributed by atoms with van der Waals surface area (Å²) in [6.45, 7) is 3.12. The van der Waals surface area contributed by atoms with E-state index in [1.807, 2.05) is 0 Å². The summed E-state index contributed by atoms with van der Waals surface area (Å²) in [7, 11) is 1.66. The number of carbonyl (C=O) groups is 2. The van der Waals surface area contributed by atoms with Crippen LogP contribution in [-0.2, 0) is 19.1 Å². The molecular weight excluding hydrogens is 504 g/mol. The van der Waals surface area contributed by atoms with Gasteiger partial charge in [-0.1, -0.05) is 48.7 Å². The van der Waals surface area contributed by atoms with Gasteiger partial charge in [-0.2, -0.15) is 13.2 Å². The number of halogens is 8. The Labute approximate surface area is 188 Å². The van der Waals surface area contributed by atoms with Crippen molar-refractivity contribution in [3.05, 3.63) is 22.4 Å². The zero-order valence-electron chi connectivity index (χ0n) is 16.0. The zero-order chi connectivity index (χ0) is 23.6. The third-order valence-corrected chi connectivity index (χ3v) is 5.18. The molecule has 0 aromatic heterocycles. The molecule has 0 spiro atoms. The highest BCUT2D eigenvalue weighted by molar-refractivity contribution is 8.02. The summed E-state index contributed by atoms with van der Waals surface area (Å²) in [5, 5.41) is 0. The van der Waals surface area contributed by atoms with Gasteiger partial charge in [-0.15, -0.1) is 0 Å². The summed E-state index contributed by atoms with van der Waals surface area (Å²) in [5.74, 6) is -3.28. The number of hydrogen-bond acceptors (Lipinski definition) is 6. The fourth-order valence-corrected chi connectivity index (χ4v) is 4.32. The van der Waals surface area contributed by atoms with Crippen LogP contribution in [0.15, 0.2) is 22.4 Å². The highest BCUT2D eigenvalue weighted by Gasteiger charge is 2.55. The number of methoxy groups -OCH3 is 2. The maximum Gasteiger partial charge on any atom is 0.432 e. The molecule has 0 fully saturated rings. The smallest absolute Gasteiger partial charge is 0.432 e. The Balaban J connectivity index is 4.15. The SMILES string of the molecule is COC(=O)C1=C(C(F)(F)F)N(SC(Cl)(Cl)Cl)C(C(F)F)C(C(=O)OC)=C1CC(C)C. The highest BCUT2D eigenvalue weighted by Crippen LogP contribution is 2.52. The lowest BCUT2D eigenvalue weighted by atomic mass is 9.84. The van der Waals surface area contributed by atoms with Crippen LogP contribution in [-0.4, -0.2) is 52.2 Å². The molecule has 0 amide bonds.